The lowest BCUT2D eigenvalue weighted by molar-refractivity contribution is -0.121. The van der Waals surface area contributed by atoms with Crippen molar-refractivity contribution in [3.8, 4) is 11.5 Å². The number of rotatable bonds is 8. The van der Waals surface area contributed by atoms with E-state index in [4.69, 9.17) is 21.1 Å². The predicted molar refractivity (Wildman–Crippen MR) is 105 cm³/mol. The highest BCUT2D eigenvalue weighted by atomic mass is 35.5. The van der Waals surface area contributed by atoms with E-state index in [-0.39, 0.29) is 11.8 Å². The molecular formula is C19H21ClN2O4S. The molecule has 0 bridgehead atoms. The third kappa shape index (κ3) is 5.61. The molecule has 0 saturated heterocycles. The van der Waals surface area contributed by atoms with Gasteiger partial charge in [-0.25, -0.2) is 0 Å². The molecule has 6 nitrogen and oxygen atoms in total. The van der Waals surface area contributed by atoms with Gasteiger partial charge in [0.1, 0.15) is 13.2 Å². The molecule has 0 fully saturated rings. The van der Waals surface area contributed by atoms with E-state index in [1.165, 1.54) is 11.3 Å². The van der Waals surface area contributed by atoms with Gasteiger partial charge < -0.3 is 20.1 Å². The summed E-state index contributed by atoms with van der Waals surface area (Å²) in [6.45, 7) is 1.98. The highest BCUT2D eigenvalue weighted by molar-refractivity contribution is 7.08. The Morgan fingerprint density at radius 3 is 2.81 bits per heavy atom. The van der Waals surface area contributed by atoms with Crippen LogP contribution in [0.4, 0.5) is 0 Å². The Balaban J connectivity index is 1.34. The molecule has 0 atom stereocenters. The number of ether oxygens (including phenoxy) is 2. The minimum Gasteiger partial charge on any atom is -0.486 e. The van der Waals surface area contributed by atoms with Gasteiger partial charge in [-0.3, -0.25) is 9.59 Å². The molecule has 2 heterocycles. The molecule has 1 aliphatic rings. The molecule has 2 N–H and O–H groups in total. The van der Waals surface area contributed by atoms with Crippen LogP contribution in [0.25, 0.3) is 0 Å². The second-order valence-corrected chi connectivity index (χ2v) is 7.26. The van der Waals surface area contributed by atoms with E-state index in [0.717, 1.165) is 5.56 Å². The maximum absolute atomic E-state index is 11.9. The van der Waals surface area contributed by atoms with Crippen molar-refractivity contribution >= 4 is 34.8 Å². The molecule has 0 saturated carbocycles. The van der Waals surface area contributed by atoms with Crippen molar-refractivity contribution in [3.05, 3.63) is 45.1 Å². The monoisotopic (exact) mass is 408 g/mol. The number of thiophene rings is 1. The number of hydrogen-bond acceptors (Lipinski definition) is 5. The first-order chi connectivity index (χ1) is 13.1. The molecule has 1 aromatic carbocycles. The minimum atomic E-state index is -0.104. The summed E-state index contributed by atoms with van der Waals surface area (Å²) in [5.41, 5.74) is 1.63. The molecule has 8 heteroatoms. The fraction of sp³-hybridized carbons (Fsp3) is 0.368. The SMILES string of the molecule is O=C(CCCNC(=O)c1ccsc1)NCCc1cc(Cl)c2c(c1)OCCO2. The molecule has 0 spiro atoms. The smallest absolute Gasteiger partial charge is 0.252 e. The Kier molecular flexibility index (Phi) is 6.95. The van der Waals surface area contributed by atoms with Gasteiger partial charge in [-0.1, -0.05) is 11.6 Å². The van der Waals surface area contributed by atoms with Gasteiger partial charge in [-0.05, 0) is 42.0 Å². The summed E-state index contributed by atoms with van der Waals surface area (Å²) in [5, 5.41) is 9.87. The lowest BCUT2D eigenvalue weighted by Gasteiger charge is -2.20. The molecule has 0 unspecified atom stereocenters. The zero-order valence-electron chi connectivity index (χ0n) is 14.8. The average molecular weight is 409 g/mol. The third-order valence-electron chi connectivity index (χ3n) is 4.04. The lowest BCUT2D eigenvalue weighted by Crippen LogP contribution is -2.28. The Labute approximate surface area is 166 Å². The quantitative estimate of drug-likeness (QED) is 0.658. The van der Waals surface area contributed by atoms with Crippen LogP contribution >= 0.6 is 22.9 Å². The van der Waals surface area contributed by atoms with Gasteiger partial charge in [-0.2, -0.15) is 11.3 Å². The maximum Gasteiger partial charge on any atom is 0.252 e. The first kappa shape index (κ1) is 19.5. The molecule has 0 aliphatic carbocycles. The van der Waals surface area contributed by atoms with Gasteiger partial charge in [0.05, 0.1) is 5.02 Å². The molecule has 144 valence electrons. The van der Waals surface area contributed by atoms with Crippen LogP contribution in [0.5, 0.6) is 11.5 Å². The molecule has 1 aliphatic heterocycles. The molecule has 2 amide bonds. The Bertz CT molecular complexity index is 795. The summed E-state index contributed by atoms with van der Waals surface area (Å²) < 4.78 is 11.0. The van der Waals surface area contributed by atoms with E-state index in [1.807, 2.05) is 17.5 Å². The summed E-state index contributed by atoms with van der Waals surface area (Å²) in [6.07, 6.45) is 1.61. The standard InChI is InChI=1S/C19H21ClN2O4S/c20-15-10-13(11-16-18(15)26-8-7-25-16)3-6-21-17(23)2-1-5-22-19(24)14-4-9-27-12-14/h4,9-12H,1-3,5-8H2,(H,21,23)(H,22,24). The molecular weight excluding hydrogens is 388 g/mol. The molecule has 0 radical (unpaired) electrons. The number of carbonyl (C=O) groups is 2. The number of fused-ring (bicyclic) bond motifs is 1. The van der Waals surface area contributed by atoms with Crippen LogP contribution in [0.3, 0.4) is 0 Å². The predicted octanol–water partition coefficient (Wildman–Crippen LogP) is 3.04. The summed E-state index contributed by atoms with van der Waals surface area (Å²) in [5.74, 6) is 1.09. The van der Waals surface area contributed by atoms with Gasteiger partial charge in [0.2, 0.25) is 5.91 Å². The van der Waals surface area contributed by atoms with Crippen LogP contribution in [-0.4, -0.2) is 38.1 Å². The normalized spacial score (nSPS) is 12.5. The largest absolute Gasteiger partial charge is 0.486 e. The zero-order valence-corrected chi connectivity index (χ0v) is 16.3. The van der Waals surface area contributed by atoms with E-state index in [0.29, 0.717) is 67.7 Å². The van der Waals surface area contributed by atoms with Crippen LogP contribution in [-0.2, 0) is 11.2 Å². The van der Waals surface area contributed by atoms with Gasteiger partial charge in [-0.15, -0.1) is 0 Å². The highest BCUT2D eigenvalue weighted by Gasteiger charge is 2.16. The summed E-state index contributed by atoms with van der Waals surface area (Å²) in [7, 11) is 0. The van der Waals surface area contributed by atoms with Gasteiger partial charge in [0, 0.05) is 30.5 Å². The number of benzene rings is 1. The van der Waals surface area contributed by atoms with Gasteiger partial charge >= 0.3 is 0 Å². The summed E-state index contributed by atoms with van der Waals surface area (Å²) in [6, 6.07) is 5.50. The molecule has 27 heavy (non-hydrogen) atoms. The number of halogens is 1. The van der Waals surface area contributed by atoms with Crippen molar-refractivity contribution in [1.82, 2.24) is 10.6 Å². The number of amides is 2. The Morgan fingerprint density at radius 1 is 1.15 bits per heavy atom. The molecule has 3 rings (SSSR count). The highest BCUT2D eigenvalue weighted by Crippen LogP contribution is 2.38. The summed E-state index contributed by atoms with van der Waals surface area (Å²) in [4.78, 5) is 23.7. The van der Waals surface area contributed by atoms with Gasteiger partial charge in [0.15, 0.2) is 11.5 Å². The molecule has 2 aromatic rings. The van der Waals surface area contributed by atoms with Crippen LogP contribution in [0.15, 0.2) is 29.0 Å². The van der Waals surface area contributed by atoms with Crippen LogP contribution in [0.2, 0.25) is 5.02 Å². The Hall–Kier alpha value is -2.25. The minimum absolute atomic E-state index is 0.0385. The second kappa shape index (κ2) is 9.62. The van der Waals surface area contributed by atoms with Crippen LogP contribution in [0, 0.1) is 0 Å². The van der Waals surface area contributed by atoms with E-state index < -0.39 is 0 Å². The first-order valence-electron chi connectivity index (χ1n) is 8.78. The van der Waals surface area contributed by atoms with Crippen molar-refractivity contribution in [1.29, 1.82) is 0 Å². The van der Waals surface area contributed by atoms with E-state index >= 15 is 0 Å². The first-order valence-corrected chi connectivity index (χ1v) is 10.1. The van der Waals surface area contributed by atoms with Crippen molar-refractivity contribution < 1.29 is 19.1 Å². The van der Waals surface area contributed by atoms with Gasteiger partial charge in [0.25, 0.3) is 5.91 Å². The number of carbonyl (C=O) groups excluding carboxylic acids is 2. The van der Waals surface area contributed by atoms with Crippen molar-refractivity contribution in [2.75, 3.05) is 26.3 Å². The van der Waals surface area contributed by atoms with E-state index in [1.54, 1.807) is 11.4 Å². The second-order valence-electron chi connectivity index (χ2n) is 6.07. The van der Waals surface area contributed by atoms with E-state index in [9.17, 15) is 9.59 Å². The zero-order chi connectivity index (χ0) is 19.1. The molecule has 1 aromatic heterocycles. The Morgan fingerprint density at radius 2 is 2.00 bits per heavy atom. The maximum atomic E-state index is 11.9. The lowest BCUT2D eigenvalue weighted by atomic mass is 10.1. The van der Waals surface area contributed by atoms with Crippen molar-refractivity contribution in [2.24, 2.45) is 0 Å². The van der Waals surface area contributed by atoms with E-state index in [2.05, 4.69) is 10.6 Å². The topological polar surface area (TPSA) is 76.7 Å². The van der Waals surface area contributed by atoms with Crippen molar-refractivity contribution in [3.63, 3.8) is 0 Å². The van der Waals surface area contributed by atoms with Crippen LogP contribution in [0.1, 0.15) is 28.8 Å². The number of hydrogen-bond donors (Lipinski definition) is 2. The fourth-order valence-corrected chi connectivity index (χ4v) is 3.61. The van der Waals surface area contributed by atoms with Crippen LogP contribution < -0.4 is 20.1 Å². The third-order valence-corrected chi connectivity index (χ3v) is 5.01. The average Bonchev–Trinajstić information content (AvgIpc) is 3.20. The fourth-order valence-electron chi connectivity index (χ4n) is 2.69. The number of nitrogens with one attached hydrogen (secondary N) is 2. The summed E-state index contributed by atoms with van der Waals surface area (Å²) >= 11 is 7.69. The van der Waals surface area contributed by atoms with Crippen molar-refractivity contribution in [2.45, 2.75) is 19.3 Å².